The van der Waals surface area contributed by atoms with E-state index in [1.54, 1.807) is 13.0 Å². The molecule has 0 heterocycles. The number of ketones is 1. The van der Waals surface area contributed by atoms with E-state index in [9.17, 15) is 4.79 Å². The van der Waals surface area contributed by atoms with E-state index in [2.05, 4.69) is 22.1 Å². The molecule has 0 bridgehead atoms. The molecule has 0 aromatic rings. The number of nitrogens with zero attached hydrogens (tertiary/aromatic N) is 1. The summed E-state index contributed by atoms with van der Waals surface area (Å²) in [5.74, 6) is 0.0982. The second kappa shape index (κ2) is 5.13. The zero-order chi connectivity index (χ0) is 8.85. The van der Waals surface area contributed by atoms with Gasteiger partial charge in [-0.3, -0.25) is 4.79 Å². The minimum Gasteiger partial charge on any atom is -0.379 e. The molecule has 0 aromatic heterocycles. The summed E-state index contributed by atoms with van der Waals surface area (Å²) in [4.78, 5) is 12.7. The highest BCUT2D eigenvalue weighted by molar-refractivity contribution is 6.08. The maximum Gasteiger partial charge on any atom is 0.154 e. The van der Waals surface area contributed by atoms with Crippen molar-refractivity contribution in [2.75, 3.05) is 12.7 Å². The standard InChI is InChI=1S/C8H14NOSi/c1-4-9(6-11)7(2)5-8(3)10/h5H,4,6H2,1-3H3/b7-5-. The monoisotopic (exact) mass is 168 g/mol. The highest BCUT2D eigenvalue weighted by atomic mass is 28.1. The molecule has 11 heavy (non-hydrogen) atoms. The summed E-state index contributed by atoms with van der Waals surface area (Å²) < 4.78 is 0. The molecule has 0 saturated carbocycles. The average molecular weight is 168 g/mol. The van der Waals surface area contributed by atoms with Gasteiger partial charge in [0.05, 0.1) is 10.2 Å². The van der Waals surface area contributed by atoms with Crippen LogP contribution in [0.4, 0.5) is 0 Å². The molecule has 0 rings (SSSR count). The van der Waals surface area contributed by atoms with E-state index in [-0.39, 0.29) is 5.78 Å². The third kappa shape index (κ3) is 3.98. The van der Waals surface area contributed by atoms with E-state index in [0.717, 1.165) is 18.4 Å². The Morgan fingerprint density at radius 3 is 2.36 bits per heavy atom. The van der Waals surface area contributed by atoms with Crippen molar-refractivity contribution < 1.29 is 4.79 Å². The van der Waals surface area contributed by atoms with Gasteiger partial charge < -0.3 is 4.90 Å². The first-order valence-corrected chi connectivity index (χ1v) is 4.41. The van der Waals surface area contributed by atoms with Crippen molar-refractivity contribution in [2.45, 2.75) is 20.8 Å². The van der Waals surface area contributed by atoms with Gasteiger partial charge in [0.1, 0.15) is 0 Å². The summed E-state index contributed by atoms with van der Waals surface area (Å²) in [7, 11) is 3.39. The molecule has 0 aliphatic heterocycles. The molecule has 2 nitrogen and oxygen atoms in total. The predicted octanol–water partition coefficient (Wildman–Crippen LogP) is 0.927. The molecule has 0 unspecified atom stereocenters. The van der Waals surface area contributed by atoms with Gasteiger partial charge in [-0.2, -0.15) is 0 Å². The fraction of sp³-hybridized carbons (Fsp3) is 0.625. The second-order valence-corrected chi connectivity index (χ2v) is 2.73. The average Bonchev–Trinajstić information content (AvgIpc) is 1.88. The zero-order valence-corrected chi connectivity index (χ0v) is 8.35. The lowest BCUT2D eigenvalue weighted by atomic mass is 10.3. The van der Waals surface area contributed by atoms with Crippen molar-refractivity contribution in [2.24, 2.45) is 0 Å². The molecule has 0 fully saturated rings. The minimum absolute atomic E-state index is 0.0982. The number of hydrogen-bond acceptors (Lipinski definition) is 2. The Hall–Kier alpha value is -0.573. The van der Waals surface area contributed by atoms with Crippen LogP contribution in [0.2, 0.25) is 0 Å². The Kier molecular flexibility index (Phi) is 4.86. The van der Waals surface area contributed by atoms with E-state index in [1.807, 2.05) is 6.92 Å². The van der Waals surface area contributed by atoms with Gasteiger partial charge in [0.25, 0.3) is 0 Å². The summed E-state index contributed by atoms with van der Waals surface area (Å²) >= 11 is 0. The summed E-state index contributed by atoms with van der Waals surface area (Å²) in [5, 5.41) is 0. The van der Waals surface area contributed by atoms with Crippen molar-refractivity contribution >= 4 is 16.0 Å². The van der Waals surface area contributed by atoms with Gasteiger partial charge >= 0.3 is 0 Å². The van der Waals surface area contributed by atoms with Crippen LogP contribution in [0.15, 0.2) is 11.8 Å². The van der Waals surface area contributed by atoms with E-state index in [1.165, 1.54) is 0 Å². The minimum atomic E-state index is 0.0982. The summed E-state index contributed by atoms with van der Waals surface area (Å²) in [5.41, 5.74) is 1.01. The maximum absolute atomic E-state index is 10.7. The fourth-order valence-electron chi connectivity index (χ4n) is 0.871. The number of hydrogen-bond donors (Lipinski definition) is 0. The van der Waals surface area contributed by atoms with E-state index < -0.39 is 0 Å². The van der Waals surface area contributed by atoms with Crippen LogP contribution in [-0.4, -0.2) is 33.6 Å². The summed E-state index contributed by atoms with van der Waals surface area (Å²) in [6, 6.07) is 0. The third-order valence-corrected chi connectivity index (χ3v) is 1.87. The lowest BCUT2D eigenvalue weighted by Gasteiger charge is -2.20. The number of rotatable bonds is 4. The Morgan fingerprint density at radius 1 is 1.55 bits per heavy atom. The van der Waals surface area contributed by atoms with Crippen LogP contribution in [0.1, 0.15) is 20.8 Å². The first-order chi connectivity index (χ1) is 5.11. The molecule has 0 amide bonds. The molecule has 0 aliphatic rings. The zero-order valence-electron chi connectivity index (χ0n) is 7.35. The second-order valence-electron chi connectivity index (χ2n) is 2.41. The molecule has 0 saturated heterocycles. The Bertz CT molecular complexity index is 161. The van der Waals surface area contributed by atoms with E-state index in [4.69, 9.17) is 0 Å². The Balaban J connectivity index is 4.18. The van der Waals surface area contributed by atoms with Gasteiger partial charge in [0.2, 0.25) is 0 Å². The molecular weight excluding hydrogens is 154 g/mol. The van der Waals surface area contributed by atoms with Crippen LogP contribution < -0.4 is 0 Å². The molecule has 61 valence electrons. The number of carbonyl (C=O) groups excluding carboxylic acids is 1. The topological polar surface area (TPSA) is 20.3 Å². The SMILES string of the molecule is CCN(C[Si])/C(C)=C\C(C)=O. The van der Waals surface area contributed by atoms with Crippen molar-refractivity contribution in [3.8, 4) is 0 Å². The van der Waals surface area contributed by atoms with Crippen molar-refractivity contribution in [3.05, 3.63) is 11.8 Å². The van der Waals surface area contributed by atoms with Crippen LogP contribution in [0, 0.1) is 0 Å². The molecule has 0 aromatic carbocycles. The fourth-order valence-corrected chi connectivity index (χ4v) is 1.34. The maximum atomic E-state index is 10.7. The van der Waals surface area contributed by atoms with Gasteiger partial charge in [0.15, 0.2) is 5.78 Å². The molecule has 0 aliphatic carbocycles. The Morgan fingerprint density at radius 2 is 2.09 bits per heavy atom. The lowest BCUT2D eigenvalue weighted by Crippen LogP contribution is -2.22. The van der Waals surface area contributed by atoms with Crippen LogP contribution in [-0.2, 0) is 4.79 Å². The first kappa shape index (κ1) is 10.4. The van der Waals surface area contributed by atoms with Crippen LogP contribution in [0.25, 0.3) is 0 Å². The molecule has 3 radical (unpaired) electrons. The van der Waals surface area contributed by atoms with E-state index in [0.29, 0.717) is 0 Å². The molecular formula is C8H14NOSi. The molecule has 0 N–H and O–H groups in total. The molecule has 0 atom stereocenters. The molecule has 0 spiro atoms. The normalized spacial score (nSPS) is 11.5. The van der Waals surface area contributed by atoms with Crippen molar-refractivity contribution in [1.29, 1.82) is 0 Å². The van der Waals surface area contributed by atoms with Crippen LogP contribution in [0.5, 0.6) is 0 Å². The summed E-state index contributed by atoms with van der Waals surface area (Å²) in [6.07, 6.45) is 2.41. The highest BCUT2D eigenvalue weighted by Crippen LogP contribution is 2.00. The van der Waals surface area contributed by atoms with Crippen LogP contribution in [0.3, 0.4) is 0 Å². The number of carbonyl (C=O) groups is 1. The third-order valence-electron chi connectivity index (χ3n) is 1.48. The van der Waals surface area contributed by atoms with Crippen molar-refractivity contribution in [3.63, 3.8) is 0 Å². The largest absolute Gasteiger partial charge is 0.379 e. The van der Waals surface area contributed by atoms with Crippen LogP contribution >= 0.6 is 0 Å². The van der Waals surface area contributed by atoms with E-state index >= 15 is 0 Å². The summed E-state index contributed by atoms with van der Waals surface area (Å²) in [6.45, 7) is 6.47. The van der Waals surface area contributed by atoms with Gasteiger partial charge in [-0.15, -0.1) is 0 Å². The van der Waals surface area contributed by atoms with Gasteiger partial charge in [0, 0.05) is 18.4 Å². The van der Waals surface area contributed by atoms with Gasteiger partial charge in [-0.1, -0.05) is 0 Å². The first-order valence-electron chi connectivity index (χ1n) is 3.70. The number of allylic oxidation sites excluding steroid dienone is 2. The smallest absolute Gasteiger partial charge is 0.154 e. The van der Waals surface area contributed by atoms with Crippen molar-refractivity contribution in [1.82, 2.24) is 4.90 Å². The predicted molar refractivity (Wildman–Crippen MR) is 47.4 cm³/mol. The lowest BCUT2D eigenvalue weighted by molar-refractivity contribution is -0.112. The highest BCUT2D eigenvalue weighted by Gasteiger charge is 1.99. The quantitative estimate of drug-likeness (QED) is 0.460. The Labute approximate surface area is 71.7 Å². The van der Waals surface area contributed by atoms with Gasteiger partial charge in [-0.05, 0) is 26.8 Å². The molecule has 3 heteroatoms. The van der Waals surface area contributed by atoms with Gasteiger partial charge in [-0.25, -0.2) is 0 Å².